The number of rotatable bonds is 11. The SMILES string of the molecule is C=CC(=O)Nc1cc(Nc2nccc(-c3nn(C(F)F)c4ccccc34)n2)c(OC)cc1N(C)CCN(C)C. The van der Waals surface area contributed by atoms with Crippen LogP contribution in [0.2, 0.25) is 0 Å². The Bertz CT molecular complexity index is 1490. The molecular formula is C27H30F2N8O2. The number of para-hydroxylation sites is 1. The zero-order chi connectivity index (χ0) is 28.1. The number of anilines is 4. The molecule has 2 N–H and O–H groups in total. The number of hydrogen-bond acceptors (Lipinski definition) is 8. The van der Waals surface area contributed by atoms with E-state index in [4.69, 9.17) is 4.74 Å². The highest BCUT2D eigenvalue weighted by Gasteiger charge is 2.20. The number of ether oxygens (including phenoxy) is 1. The van der Waals surface area contributed by atoms with E-state index in [0.717, 1.165) is 12.2 Å². The number of nitrogens with one attached hydrogen (secondary N) is 2. The minimum atomic E-state index is -2.80. The molecule has 0 saturated heterocycles. The van der Waals surface area contributed by atoms with Crippen LogP contribution in [-0.2, 0) is 4.79 Å². The van der Waals surface area contributed by atoms with E-state index in [2.05, 4.69) is 37.2 Å². The number of alkyl halides is 2. The van der Waals surface area contributed by atoms with E-state index in [-0.39, 0.29) is 11.9 Å². The second kappa shape index (κ2) is 11.9. The molecule has 0 atom stereocenters. The van der Waals surface area contributed by atoms with Crippen molar-refractivity contribution < 1.29 is 18.3 Å². The van der Waals surface area contributed by atoms with Crippen molar-refractivity contribution in [2.75, 3.05) is 56.9 Å². The van der Waals surface area contributed by atoms with Gasteiger partial charge in [-0.1, -0.05) is 24.8 Å². The number of fused-ring (bicyclic) bond motifs is 1. The number of likely N-dealkylation sites (N-methyl/N-ethyl adjacent to an activating group) is 2. The van der Waals surface area contributed by atoms with E-state index >= 15 is 0 Å². The van der Waals surface area contributed by atoms with Gasteiger partial charge in [0.1, 0.15) is 11.4 Å². The molecule has 0 spiro atoms. The highest BCUT2D eigenvalue weighted by Crippen LogP contribution is 2.38. The Hall–Kier alpha value is -4.58. The molecule has 2 aromatic carbocycles. The average Bonchev–Trinajstić information content (AvgIpc) is 3.32. The predicted octanol–water partition coefficient (Wildman–Crippen LogP) is 4.76. The van der Waals surface area contributed by atoms with Gasteiger partial charge in [-0.05, 0) is 38.4 Å². The molecule has 10 nitrogen and oxygen atoms in total. The Morgan fingerprint density at radius 3 is 2.62 bits per heavy atom. The molecule has 204 valence electrons. The summed E-state index contributed by atoms with van der Waals surface area (Å²) in [6, 6.07) is 11.9. The lowest BCUT2D eigenvalue weighted by Gasteiger charge is -2.26. The Balaban J connectivity index is 1.72. The highest BCUT2D eigenvalue weighted by molar-refractivity contribution is 6.02. The van der Waals surface area contributed by atoms with Crippen molar-refractivity contribution in [2.45, 2.75) is 6.55 Å². The largest absolute Gasteiger partial charge is 0.494 e. The topological polar surface area (TPSA) is 100 Å². The fourth-order valence-corrected chi connectivity index (χ4v) is 4.00. The Morgan fingerprint density at radius 1 is 1.15 bits per heavy atom. The summed E-state index contributed by atoms with van der Waals surface area (Å²) in [7, 11) is 7.42. The number of carbonyl (C=O) groups is 1. The quantitative estimate of drug-likeness (QED) is 0.265. The van der Waals surface area contributed by atoms with Crippen LogP contribution in [0.4, 0.5) is 31.8 Å². The molecule has 0 fully saturated rings. The van der Waals surface area contributed by atoms with Crippen LogP contribution >= 0.6 is 0 Å². The first-order chi connectivity index (χ1) is 18.7. The lowest BCUT2D eigenvalue weighted by molar-refractivity contribution is -0.111. The summed E-state index contributed by atoms with van der Waals surface area (Å²) in [6.45, 7) is 2.23. The molecule has 1 amide bonds. The van der Waals surface area contributed by atoms with Crippen LogP contribution in [-0.4, -0.2) is 71.9 Å². The second-order valence-corrected chi connectivity index (χ2v) is 8.97. The van der Waals surface area contributed by atoms with E-state index in [9.17, 15) is 13.6 Å². The third-order valence-electron chi connectivity index (χ3n) is 6.00. The van der Waals surface area contributed by atoms with Crippen LogP contribution in [0.3, 0.4) is 0 Å². The number of aromatic nitrogens is 4. The highest BCUT2D eigenvalue weighted by atomic mass is 19.3. The van der Waals surface area contributed by atoms with Crippen molar-refractivity contribution in [1.82, 2.24) is 24.6 Å². The summed E-state index contributed by atoms with van der Waals surface area (Å²) in [5, 5.41) is 10.6. The molecule has 0 bridgehead atoms. The lowest BCUT2D eigenvalue weighted by atomic mass is 10.1. The van der Waals surface area contributed by atoms with E-state index < -0.39 is 6.55 Å². The maximum absolute atomic E-state index is 13.6. The van der Waals surface area contributed by atoms with Gasteiger partial charge in [0.2, 0.25) is 11.9 Å². The van der Waals surface area contributed by atoms with Crippen LogP contribution in [0, 0.1) is 0 Å². The molecule has 4 aromatic rings. The van der Waals surface area contributed by atoms with Gasteiger partial charge in [-0.25, -0.2) is 14.6 Å². The first-order valence-corrected chi connectivity index (χ1v) is 12.1. The third kappa shape index (κ3) is 6.12. The number of benzene rings is 2. The summed E-state index contributed by atoms with van der Waals surface area (Å²) in [5.41, 5.74) is 2.73. The van der Waals surface area contributed by atoms with Crippen LogP contribution in [0.5, 0.6) is 5.75 Å². The maximum atomic E-state index is 13.6. The monoisotopic (exact) mass is 536 g/mol. The van der Waals surface area contributed by atoms with Gasteiger partial charge in [0.05, 0.1) is 35.4 Å². The van der Waals surface area contributed by atoms with Crippen LogP contribution in [0.15, 0.2) is 61.3 Å². The predicted molar refractivity (Wildman–Crippen MR) is 149 cm³/mol. The molecule has 0 aliphatic rings. The van der Waals surface area contributed by atoms with Crippen molar-refractivity contribution in [3.63, 3.8) is 0 Å². The number of carbonyl (C=O) groups excluding carboxylic acids is 1. The van der Waals surface area contributed by atoms with Crippen molar-refractivity contribution in [1.29, 1.82) is 0 Å². The minimum absolute atomic E-state index is 0.191. The van der Waals surface area contributed by atoms with E-state index in [1.807, 2.05) is 26.0 Å². The van der Waals surface area contributed by atoms with Crippen LogP contribution in [0.25, 0.3) is 22.3 Å². The van der Waals surface area contributed by atoms with Gasteiger partial charge in [-0.3, -0.25) is 4.79 Å². The Morgan fingerprint density at radius 2 is 1.92 bits per heavy atom. The fraction of sp³-hybridized carbons (Fsp3) is 0.259. The van der Waals surface area contributed by atoms with E-state index in [1.165, 1.54) is 19.4 Å². The molecule has 0 radical (unpaired) electrons. The van der Waals surface area contributed by atoms with Gasteiger partial charge in [0, 0.05) is 37.8 Å². The van der Waals surface area contributed by atoms with Crippen molar-refractivity contribution in [3.05, 3.63) is 61.3 Å². The van der Waals surface area contributed by atoms with Crippen LogP contribution in [0.1, 0.15) is 6.55 Å². The normalized spacial score (nSPS) is 11.2. The second-order valence-electron chi connectivity index (χ2n) is 8.97. The summed E-state index contributed by atoms with van der Waals surface area (Å²) < 4.78 is 33.5. The first kappa shape index (κ1) is 27.5. The molecule has 0 unspecified atom stereocenters. The van der Waals surface area contributed by atoms with Crippen molar-refractivity contribution in [2.24, 2.45) is 0 Å². The van der Waals surface area contributed by atoms with E-state index in [1.54, 1.807) is 42.5 Å². The average molecular weight is 537 g/mol. The molecule has 12 heteroatoms. The summed E-state index contributed by atoms with van der Waals surface area (Å²) >= 11 is 0. The molecule has 4 rings (SSSR count). The standard InChI is InChI=1S/C27H30F2N8O2/c1-6-24(38)31-19-15-20(23(39-5)16-22(19)36(4)14-13-35(2)3)33-27-30-12-11-18(32-27)25-17-9-7-8-10-21(17)37(34-25)26(28)29/h6-12,15-16,26H,1,13-14H2,2-5H3,(H,31,38)(H,30,32,33). The summed E-state index contributed by atoms with van der Waals surface area (Å²) in [5.74, 6) is 0.309. The zero-order valence-corrected chi connectivity index (χ0v) is 22.2. The minimum Gasteiger partial charge on any atom is -0.494 e. The first-order valence-electron chi connectivity index (χ1n) is 12.1. The van der Waals surface area contributed by atoms with Gasteiger partial charge >= 0.3 is 6.55 Å². The Labute approximate surface area is 224 Å². The van der Waals surface area contributed by atoms with Gasteiger partial charge in [0.15, 0.2) is 0 Å². The molecule has 0 aliphatic heterocycles. The van der Waals surface area contributed by atoms with Crippen molar-refractivity contribution >= 4 is 39.8 Å². The number of methoxy groups -OCH3 is 1. The van der Waals surface area contributed by atoms with Crippen LogP contribution < -0.4 is 20.3 Å². The number of nitrogens with zero attached hydrogens (tertiary/aromatic N) is 6. The van der Waals surface area contributed by atoms with Gasteiger partial charge in [0.25, 0.3) is 0 Å². The summed E-state index contributed by atoms with van der Waals surface area (Å²) in [4.78, 5) is 25.1. The molecule has 39 heavy (non-hydrogen) atoms. The van der Waals surface area contributed by atoms with Gasteiger partial charge < -0.3 is 25.2 Å². The Kier molecular flexibility index (Phi) is 8.35. The number of hydrogen-bond donors (Lipinski definition) is 2. The van der Waals surface area contributed by atoms with E-state index in [0.29, 0.717) is 50.6 Å². The maximum Gasteiger partial charge on any atom is 0.333 e. The van der Waals surface area contributed by atoms with Crippen molar-refractivity contribution in [3.8, 4) is 17.1 Å². The van der Waals surface area contributed by atoms with Gasteiger partial charge in [-0.15, -0.1) is 0 Å². The fourth-order valence-electron chi connectivity index (χ4n) is 4.00. The number of amides is 1. The zero-order valence-electron chi connectivity index (χ0n) is 22.2. The number of halogens is 2. The third-order valence-corrected chi connectivity index (χ3v) is 6.00. The molecule has 2 aromatic heterocycles. The molecule has 0 saturated carbocycles. The molecular weight excluding hydrogens is 506 g/mol. The summed E-state index contributed by atoms with van der Waals surface area (Å²) in [6.07, 6.45) is 2.70. The van der Waals surface area contributed by atoms with Gasteiger partial charge in [-0.2, -0.15) is 13.9 Å². The molecule has 2 heterocycles. The smallest absolute Gasteiger partial charge is 0.333 e. The lowest BCUT2D eigenvalue weighted by Crippen LogP contribution is -2.29. The molecule has 0 aliphatic carbocycles.